The number of rotatable bonds is 2. The Morgan fingerprint density at radius 3 is 3.00 bits per heavy atom. The molecule has 0 aliphatic rings. The van der Waals surface area contributed by atoms with Crippen LogP contribution < -0.4 is 5.73 Å². The first kappa shape index (κ1) is 9.09. The summed E-state index contributed by atoms with van der Waals surface area (Å²) in [6.45, 7) is 0. The third kappa shape index (κ3) is 1.59. The van der Waals surface area contributed by atoms with Crippen LogP contribution in [-0.4, -0.2) is 10.9 Å². The van der Waals surface area contributed by atoms with Crippen LogP contribution in [0, 0.1) is 0 Å². The van der Waals surface area contributed by atoms with Crippen molar-refractivity contribution in [2.24, 2.45) is 5.73 Å². The Hall–Kier alpha value is -1.48. The number of nitrogens with one attached hydrogen (secondary N) is 1. The lowest BCUT2D eigenvalue weighted by Gasteiger charge is -1.95. The predicted molar refractivity (Wildman–Crippen MR) is 56.2 cm³/mol. The van der Waals surface area contributed by atoms with Gasteiger partial charge >= 0.3 is 0 Å². The average molecular weight is 209 g/mol. The highest BCUT2D eigenvalue weighted by atomic mass is 35.5. The molecular weight excluding hydrogens is 200 g/mol. The molecule has 0 aliphatic carbocycles. The molecule has 0 unspecified atom stereocenters. The fourth-order valence-electron chi connectivity index (χ4n) is 1.49. The first-order valence-corrected chi connectivity index (χ1v) is 4.58. The van der Waals surface area contributed by atoms with Crippen molar-refractivity contribution in [1.29, 1.82) is 0 Å². The monoisotopic (exact) mass is 208 g/mol. The van der Waals surface area contributed by atoms with Crippen LogP contribution in [0.25, 0.3) is 10.9 Å². The number of halogens is 1. The molecule has 0 radical (unpaired) electrons. The van der Waals surface area contributed by atoms with Gasteiger partial charge in [-0.1, -0.05) is 17.7 Å². The van der Waals surface area contributed by atoms with Crippen molar-refractivity contribution >= 4 is 28.4 Å². The van der Waals surface area contributed by atoms with Crippen LogP contribution in [0.5, 0.6) is 0 Å². The number of aromatic nitrogens is 1. The summed E-state index contributed by atoms with van der Waals surface area (Å²) in [6.07, 6.45) is 2.04. The number of benzene rings is 1. The number of H-pyrrole nitrogens is 1. The maximum atomic E-state index is 10.8. The van der Waals surface area contributed by atoms with Crippen LogP contribution >= 0.6 is 11.6 Å². The summed E-state index contributed by atoms with van der Waals surface area (Å²) in [5.74, 6) is -0.333. The highest BCUT2D eigenvalue weighted by Crippen LogP contribution is 2.22. The number of hydrogen-bond acceptors (Lipinski definition) is 1. The van der Waals surface area contributed by atoms with E-state index in [4.69, 9.17) is 17.3 Å². The van der Waals surface area contributed by atoms with Gasteiger partial charge in [0.2, 0.25) is 5.91 Å². The molecule has 0 atom stereocenters. The summed E-state index contributed by atoms with van der Waals surface area (Å²) in [6, 6.07) is 5.50. The molecule has 0 spiro atoms. The summed E-state index contributed by atoms with van der Waals surface area (Å²) >= 11 is 5.82. The third-order valence-electron chi connectivity index (χ3n) is 2.09. The molecule has 1 aromatic carbocycles. The number of primary amides is 1. The van der Waals surface area contributed by atoms with Crippen LogP contribution in [0.1, 0.15) is 5.56 Å². The second-order valence-electron chi connectivity index (χ2n) is 3.15. The fraction of sp³-hybridized carbons (Fsp3) is 0.100. The smallest absolute Gasteiger partial charge is 0.221 e. The Kier molecular flexibility index (Phi) is 2.17. The van der Waals surface area contributed by atoms with E-state index in [0.29, 0.717) is 5.02 Å². The van der Waals surface area contributed by atoms with E-state index < -0.39 is 0 Å². The molecule has 1 amide bonds. The normalized spacial score (nSPS) is 10.6. The second-order valence-corrected chi connectivity index (χ2v) is 3.58. The van der Waals surface area contributed by atoms with Gasteiger partial charge in [-0.25, -0.2) is 0 Å². The topological polar surface area (TPSA) is 58.9 Å². The predicted octanol–water partition coefficient (Wildman–Crippen LogP) is 1.85. The Balaban J connectivity index is 2.52. The van der Waals surface area contributed by atoms with E-state index in [1.54, 1.807) is 12.3 Å². The van der Waals surface area contributed by atoms with Gasteiger partial charge in [-0.15, -0.1) is 0 Å². The van der Waals surface area contributed by atoms with Crippen molar-refractivity contribution in [1.82, 2.24) is 4.98 Å². The van der Waals surface area contributed by atoms with Crippen molar-refractivity contribution in [3.05, 3.63) is 35.0 Å². The Morgan fingerprint density at radius 1 is 1.50 bits per heavy atom. The SMILES string of the molecule is NC(=O)Cc1c[nH]c2cc(Cl)ccc12. The van der Waals surface area contributed by atoms with Crippen molar-refractivity contribution in [2.75, 3.05) is 0 Å². The van der Waals surface area contributed by atoms with Gasteiger partial charge < -0.3 is 10.7 Å². The van der Waals surface area contributed by atoms with Crippen LogP contribution in [0.4, 0.5) is 0 Å². The van der Waals surface area contributed by atoms with Crippen molar-refractivity contribution in [3.63, 3.8) is 0 Å². The van der Waals surface area contributed by atoms with Gasteiger partial charge in [0, 0.05) is 22.1 Å². The van der Waals surface area contributed by atoms with E-state index in [-0.39, 0.29) is 12.3 Å². The molecule has 72 valence electrons. The first-order valence-electron chi connectivity index (χ1n) is 4.20. The Bertz CT molecular complexity index is 490. The molecule has 0 saturated heterocycles. The van der Waals surface area contributed by atoms with Gasteiger partial charge in [0.05, 0.1) is 6.42 Å². The lowest BCUT2D eigenvalue weighted by molar-refractivity contribution is -0.117. The lowest BCUT2D eigenvalue weighted by atomic mass is 10.1. The average Bonchev–Trinajstić information content (AvgIpc) is 2.47. The van der Waals surface area contributed by atoms with E-state index in [1.165, 1.54) is 0 Å². The molecule has 0 aliphatic heterocycles. The fourth-order valence-corrected chi connectivity index (χ4v) is 1.66. The van der Waals surface area contributed by atoms with Gasteiger partial charge in [-0.3, -0.25) is 4.79 Å². The molecule has 3 N–H and O–H groups in total. The molecule has 1 heterocycles. The number of carbonyl (C=O) groups excluding carboxylic acids is 1. The molecule has 1 aromatic heterocycles. The molecule has 0 saturated carbocycles. The molecule has 4 heteroatoms. The van der Waals surface area contributed by atoms with E-state index in [2.05, 4.69) is 4.98 Å². The zero-order valence-corrected chi connectivity index (χ0v) is 8.14. The van der Waals surface area contributed by atoms with E-state index >= 15 is 0 Å². The van der Waals surface area contributed by atoms with E-state index in [0.717, 1.165) is 16.5 Å². The number of hydrogen-bond donors (Lipinski definition) is 2. The lowest BCUT2D eigenvalue weighted by Crippen LogP contribution is -2.13. The minimum absolute atomic E-state index is 0.252. The van der Waals surface area contributed by atoms with Crippen molar-refractivity contribution < 1.29 is 4.79 Å². The Labute approximate surface area is 85.9 Å². The molecule has 2 aromatic rings. The van der Waals surface area contributed by atoms with Crippen molar-refractivity contribution in [3.8, 4) is 0 Å². The Morgan fingerprint density at radius 2 is 2.29 bits per heavy atom. The van der Waals surface area contributed by atoms with Gasteiger partial charge in [-0.05, 0) is 17.7 Å². The zero-order chi connectivity index (χ0) is 10.1. The van der Waals surface area contributed by atoms with Gasteiger partial charge in [0.15, 0.2) is 0 Å². The third-order valence-corrected chi connectivity index (χ3v) is 2.33. The van der Waals surface area contributed by atoms with Crippen LogP contribution in [0.2, 0.25) is 5.02 Å². The highest BCUT2D eigenvalue weighted by Gasteiger charge is 2.05. The maximum absolute atomic E-state index is 10.8. The number of aromatic amines is 1. The number of carbonyl (C=O) groups is 1. The van der Waals surface area contributed by atoms with Gasteiger partial charge in [0.1, 0.15) is 0 Å². The largest absolute Gasteiger partial charge is 0.369 e. The molecule has 0 fully saturated rings. The number of nitrogens with two attached hydrogens (primary N) is 1. The summed E-state index contributed by atoms with van der Waals surface area (Å²) in [5.41, 5.74) is 6.96. The number of amides is 1. The molecule has 0 bridgehead atoms. The minimum Gasteiger partial charge on any atom is -0.369 e. The minimum atomic E-state index is -0.333. The van der Waals surface area contributed by atoms with Crippen molar-refractivity contribution in [2.45, 2.75) is 6.42 Å². The summed E-state index contributed by atoms with van der Waals surface area (Å²) < 4.78 is 0. The van der Waals surface area contributed by atoms with Crippen LogP contribution in [0.15, 0.2) is 24.4 Å². The van der Waals surface area contributed by atoms with E-state index in [9.17, 15) is 4.79 Å². The summed E-state index contributed by atoms with van der Waals surface area (Å²) in [5, 5.41) is 1.66. The van der Waals surface area contributed by atoms with E-state index in [1.807, 2.05) is 12.1 Å². The van der Waals surface area contributed by atoms with Crippen LogP contribution in [0.3, 0.4) is 0 Å². The first-order chi connectivity index (χ1) is 6.66. The zero-order valence-electron chi connectivity index (χ0n) is 7.38. The van der Waals surface area contributed by atoms with Crippen LogP contribution in [-0.2, 0) is 11.2 Å². The highest BCUT2D eigenvalue weighted by molar-refractivity contribution is 6.31. The molecule has 3 nitrogen and oxygen atoms in total. The van der Waals surface area contributed by atoms with Gasteiger partial charge in [0.25, 0.3) is 0 Å². The molecular formula is C10H9ClN2O. The molecule has 2 rings (SSSR count). The maximum Gasteiger partial charge on any atom is 0.221 e. The standard InChI is InChI=1S/C10H9ClN2O/c11-7-1-2-8-6(3-10(12)14)5-13-9(8)4-7/h1-2,4-5,13H,3H2,(H2,12,14). The summed E-state index contributed by atoms with van der Waals surface area (Å²) in [7, 11) is 0. The summed E-state index contributed by atoms with van der Waals surface area (Å²) in [4.78, 5) is 13.8. The second kappa shape index (κ2) is 3.35. The molecule has 14 heavy (non-hydrogen) atoms. The number of fused-ring (bicyclic) bond motifs is 1. The van der Waals surface area contributed by atoms with Gasteiger partial charge in [-0.2, -0.15) is 0 Å². The quantitative estimate of drug-likeness (QED) is 0.778.